The molecule has 0 aliphatic heterocycles. The highest BCUT2D eigenvalue weighted by atomic mass is 16.5. The smallest absolute Gasteiger partial charge is 0.358 e. The summed E-state index contributed by atoms with van der Waals surface area (Å²) < 4.78 is 6.11. The molecular formula is C14H15N3O4. The SMILES string of the molecule is CCCc1c(C(=O)O)nnn1-c1cccc(C(=O)OC)c1. The lowest BCUT2D eigenvalue weighted by Gasteiger charge is -2.07. The summed E-state index contributed by atoms with van der Waals surface area (Å²) in [6.45, 7) is 1.94. The fraction of sp³-hybridized carbons (Fsp3) is 0.286. The topological polar surface area (TPSA) is 94.3 Å². The summed E-state index contributed by atoms with van der Waals surface area (Å²) >= 11 is 0. The second kappa shape index (κ2) is 6.17. The Bertz CT molecular complexity index is 679. The van der Waals surface area contributed by atoms with Gasteiger partial charge in [0.2, 0.25) is 0 Å². The van der Waals surface area contributed by atoms with Crippen molar-refractivity contribution in [3.05, 3.63) is 41.2 Å². The molecule has 0 amide bonds. The number of carbonyl (C=O) groups is 2. The lowest BCUT2D eigenvalue weighted by Crippen LogP contribution is -2.08. The first-order chi connectivity index (χ1) is 10.1. The van der Waals surface area contributed by atoms with Gasteiger partial charge in [0.05, 0.1) is 24.1 Å². The Morgan fingerprint density at radius 3 is 2.76 bits per heavy atom. The van der Waals surface area contributed by atoms with Gasteiger partial charge in [-0.1, -0.05) is 24.6 Å². The number of carbonyl (C=O) groups excluding carboxylic acids is 1. The minimum Gasteiger partial charge on any atom is -0.476 e. The number of aromatic carboxylic acids is 1. The number of rotatable bonds is 5. The molecule has 0 spiro atoms. The fourth-order valence-corrected chi connectivity index (χ4v) is 2.02. The summed E-state index contributed by atoms with van der Waals surface area (Å²) in [4.78, 5) is 22.7. The molecule has 0 bridgehead atoms. The summed E-state index contributed by atoms with van der Waals surface area (Å²) in [5, 5.41) is 16.7. The second-order valence-electron chi connectivity index (χ2n) is 4.39. The third-order valence-electron chi connectivity index (χ3n) is 2.96. The molecule has 0 saturated carbocycles. The lowest BCUT2D eigenvalue weighted by atomic mass is 10.1. The van der Waals surface area contributed by atoms with Gasteiger partial charge in [-0.25, -0.2) is 14.3 Å². The summed E-state index contributed by atoms with van der Waals surface area (Å²) in [7, 11) is 1.30. The summed E-state index contributed by atoms with van der Waals surface area (Å²) in [5.41, 5.74) is 1.37. The van der Waals surface area contributed by atoms with Crippen LogP contribution in [0.2, 0.25) is 0 Å². The fourth-order valence-electron chi connectivity index (χ4n) is 2.02. The number of ether oxygens (including phenoxy) is 1. The first kappa shape index (κ1) is 14.7. The molecule has 0 fully saturated rings. The van der Waals surface area contributed by atoms with Crippen LogP contribution in [0.25, 0.3) is 5.69 Å². The third kappa shape index (κ3) is 2.91. The van der Waals surface area contributed by atoms with Gasteiger partial charge < -0.3 is 9.84 Å². The van der Waals surface area contributed by atoms with Crippen LogP contribution in [0, 0.1) is 0 Å². The molecule has 2 rings (SSSR count). The van der Waals surface area contributed by atoms with Crippen LogP contribution in [0.15, 0.2) is 24.3 Å². The van der Waals surface area contributed by atoms with E-state index in [-0.39, 0.29) is 5.69 Å². The lowest BCUT2D eigenvalue weighted by molar-refractivity contribution is 0.0599. The van der Waals surface area contributed by atoms with E-state index in [4.69, 9.17) is 5.11 Å². The monoisotopic (exact) mass is 289 g/mol. The number of nitrogens with zero attached hydrogens (tertiary/aromatic N) is 3. The third-order valence-corrected chi connectivity index (χ3v) is 2.96. The molecule has 1 aromatic carbocycles. The number of carboxylic acids is 1. The highest BCUT2D eigenvalue weighted by molar-refractivity contribution is 5.90. The van der Waals surface area contributed by atoms with Crippen molar-refractivity contribution in [2.45, 2.75) is 19.8 Å². The normalized spacial score (nSPS) is 10.4. The molecule has 0 radical (unpaired) electrons. The van der Waals surface area contributed by atoms with Crippen LogP contribution in [-0.2, 0) is 11.2 Å². The van der Waals surface area contributed by atoms with Gasteiger partial charge in [0.1, 0.15) is 0 Å². The van der Waals surface area contributed by atoms with Crippen LogP contribution in [0.4, 0.5) is 0 Å². The number of methoxy groups -OCH3 is 1. The molecule has 0 aliphatic carbocycles. The molecule has 1 aromatic heterocycles. The first-order valence-electron chi connectivity index (χ1n) is 6.45. The van der Waals surface area contributed by atoms with Crippen LogP contribution in [0.3, 0.4) is 0 Å². The maximum atomic E-state index is 11.6. The highest BCUT2D eigenvalue weighted by Gasteiger charge is 2.19. The van der Waals surface area contributed by atoms with E-state index in [1.165, 1.54) is 11.8 Å². The number of carboxylic acid groups (broad SMARTS) is 1. The van der Waals surface area contributed by atoms with Gasteiger partial charge in [0, 0.05) is 0 Å². The van der Waals surface area contributed by atoms with Gasteiger partial charge in [-0.15, -0.1) is 5.10 Å². The van der Waals surface area contributed by atoms with Crippen LogP contribution in [-0.4, -0.2) is 39.1 Å². The van der Waals surface area contributed by atoms with Crippen molar-refractivity contribution >= 4 is 11.9 Å². The van der Waals surface area contributed by atoms with Gasteiger partial charge in [-0.2, -0.15) is 0 Å². The Labute approximate surface area is 121 Å². The van der Waals surface area contributed by atoms with Gasteiger partial charge in [-0.3, -0.25) is 0 Å². The zero-order valence-corrected chi connectivity index (χ0v) is 11.7. The van der Waals surface area contributed by atoms with Gasteiger partial charge in [0.25, 0.3) is 0 Å². The summed E-state index contributed by atoms with van der Waals surface area (Å²) in [6, 6.07) is 6.61. The van der Waals surface area contributed by atoms with E-state index in [0.717, 1.165) is 6.42 Å². The molecule has 7 nitrogen and oxygen atoms in total. The number of esters is 1. The zero-order valence-electron chi connectivity index (χ0n) is 11.7. The van der Waals surface area contributed by atoms with Crippen molar-refractivity contribution < 1.29 is 19.4 Å². The Kier molecular flexibility index (Phi) is 4.32. The molecule has 0 saturated heterocycles. The van der Waals surface area contributed by atoms with Crippen molar-refractivity contribution in [2.24, 2.45) is 0 Å². The molecule has 1 heterocycles. The quantitative estimate of drug-likeness (QED) is 0.842. The Balaban J connectivity index is 2.51. The van der Waals surface area contributed by atoms with E-state index in [0.29, 0.717) is 23.4 Å². The van der Waals surface area contributed by atoms with Crippen molar-refractivity contribution in [2.75, 3.05) is 7.11 Å². The van der Waals surface area contributed by atoms with E-state index in [2.05, 4.69) is 15.0 Å². The summed E-state index contributed by atoms with van der Waals surface area (Å²) in [6.07, 6.45) is 1.28. The maximum Gasteiger partial charge on any atom is 0.358 e. The largest absolute Gasteiger partial charge is 0.476 e. The number of benzene rings is 1. The van der Waals surface area contributed by atoms with Gasteiger partial charge in [-0.05, 0) is 24.6 Å². The van der Waals surface area contributed by atoms with Crippen LogP contribution >= 0.6 is 0 Å². The van der Waals surface area contributed by atoms with Crippen molar-refractivity contribution in [1.82, 2.24) is 15.0 Å². The predicted molar refractivity (Wildman–Crippen MR) is 73.7 cm³/mol. The molecule has 7 heteroatoms. The van der Waals surface area contributed by atoms with E-state index >= 15 is 0 Å². The van der Waals surface area contributed by atoms with Crippen LogP contribution in [0.5, 0.6) is 0 Å². The van der Waals surface area contributed by atoms with Gasteiger partial charge in [0.15, 0.2) is 5.69 Å². The Hall–Kier alpha value is -2.70. The standard InChI is InChI=1S/C14H15N3O4/c1-3-5-11-12(13(18)19)15-16-17(11)10-7-4-6-9(8-10)14(20)21-2/h4,6-8H,3,5H2,1-2H3,(H,18,19). The Morgan fingerprint density at radius 2 is 2.14 bits per heavy atom. The predicted octanol–water partition coefficient (Wildman–Crippen LogP) is 1.70. The summed E-state index contributed by atoms with van der Waals surface area (Å²) in [5.74, 6) is -1.58. The molecular weight excluding hydrogens is 274 g/mol. The van der Waals surface area contributed by atoms with E-state index < -0.39 is 11.9 Å². The molecule has 110 valence electrons. The minimum atomic E-state index is -1.12. The van der Waals surface area contributed by atoms with Crippen molar-refractivity contribution in [3.63, 3.8) is 0 Å². The van der Waals surface area contributed by atoms with Crippen molar-refractivity contribution in [3.8, 4) is 5.69 Å². The minimum absolute atomic E-state index is 0.0691. The van der Waals surface area contributed by atoms with Crippen LogP contribution < -0.4 is 0 Å². The van der Waals surface area contributed by atoms with E-state index in [9.17, 15) is 9.59 Å². The molecule has 1 N–H and O–H groups in total. The molecule has 2 aromatic rings. The average Bonchev–Trinajstić information content (AvgIpc) is 2.91. The van der Waals surface area contributed by atoms with E-state index in [1.54, 1.807) is 24.3 Å². The zero-order chi connectivity index (χ0) is 15.4. The van der Waals surface area contributed by atoms with Gasteiger partial charge >= 0.3 is 11.9 Å². The molecule has 0 unspecified atom stereocenters. The van der Waals surface area contributed by atoms with Crippen molar-refractivity contribution in [1.29, 1.82) is 0 Å². The molecule has 0 aliphatic rings. The number of aromatic nitrogens is 3. The Morgan fingerprint density at radius 1 is 1.38 bits per heavy atom. The first-order valence-corrected chi connectivity index (χ1v) is 6.45. The highest BCUT2D eigenvalue weighted by Crippen LogP contribution is 2.16. The molecule has 21 heavy (non-hydrogen) atoms. The number of hydrogen-bond donors (Lipinski definition) is 1. The second-order valence-corrected chi connectivity index (χ2v) is 4.39. The number of hydrogen-bond acceptors (Lipinski definition) is 5. The van der Waals surface area contributed by atoms with Crippen LogP contribution in [0.1, 0.15) is 39.9 Å². The maximum absolute atomic E-state index is 11.6. The van der Waals surface area contributed by atoms with E-state index in [1.807, 2.05) is 6.92 Å². The molecule has 0 atom stereocenters. The average molecular weight is 289 g/mol.